The summed E-state index contributed by atoms with van der Waals surface area (Å²) in [6, 6.07) is -0.638. The molecule has 1 aromatic heterocycles. The predicted molar refractivity (Wildman–Crippen MR) is 40.4 cm³/mol. The first-order chi connectivity index (χ1) is 5.15. The van der Waals surface area contributed by atoms with Crippen LogP contribution in [-0.2, 0) is 0 Å². The summed E-state index contributed by atoms with van der Waals surface area (Å²) in [5.41, 5.74) is 5.29. The lowest BCUT2D eigenvalue weighted by Gasteiger charge is -2.03. The Bertz CT molecular complexity index is 292. The van der Waals surface area contributed by atoms with E-state index in [1.54, 1.807) is 0 Å². The molecule has 0 bridgehead atoms. The Morgan fingerprint density at radius 2 is 2.27 bits per heavy atom. The van der Waals surface area contributed by atoms with Gasteiger partial charge < -0.3 is 15.8 Å². The molecule has 0 radical (unpaired) electrons. The molecule has 5 nitrogen and oxygen atoms in total. The number of hydrogen-bond donors (Lipinski definition) is 4. The van der Waals surface area contributed by atoms with Crippen molar-refractivity contribution in [3.63, 3.8) is 0 Å². The highest BCUT2D eigenvalue weighted by atomic mass is 35.5. The lowest BCUT2D eigenvalue weighted by Crippen LogP contribution is -2.16. The molecule has 1 rings (SSSR count). The van der Waals surface area contributed by atoms with E-state index in [4.69, 9.17) is 22.4 Å². The second-order valence-corrected chi connectivity index (χ2v) is 2.47. The molecule has 0 spiro atoms. The normalized spacial score (nSPS) is 13.4. The van der Waals surface area contributed by atoms with Crippen LogP contribution in [0.5, 0.6) is 0 Å². The van der Waals surface area contributed by atoms with Crippen LogP contribution in [0.2, 0.25) is 5.15 Å². The predicted octanol–water partition coefficient (Wildman–Crippen LogP) is -0.652. The zero-order chi connectivity index (χ0) is 8.43. The molecule has 62 valence electrons. The van der Waals surface area contributed by atoms with Gasteiger partial charge in [-0.2, -0.15) is 0 Å². The van der Waals surface area contributed by atoms with E-state index < -0.39 is 11.7 Å². The zero-order valence-corrected chi connectivity index (χ0v) is 6.35. The maximum absolute atomic E-state index is 10.6. The second-order valence-electron chi connectivity index (χ2n) is 2.10. The van der Waals surface area contributed by atoms with E-state index >= 15 is 0 Å². The number of nitrogens with two attached hydrogens (primary N) is 1. The molecule has 0 aliphatic heterocycles. The molecule has 0 aliphatic carbocycles. The third-order valence-corrected chi connectivity index (χ3v) is 1.57. The number of rotatable bonds is 2. The van der Waals surface area contributed by atoms with Crippen molar-refractivity contribution in [2.24, 2.45) is 5.73 Å². The van der Waals surface area contributed by atoms with Gasteiger partial charge in [-0.05, 0) is 0 Å². The fourth-order valence-electron chi connectivity index (χ4n) is 0.722. The molecule has 1 unspecified atom stereocenters. The van der Waals surface area contributed by atoms with Crippen LogP contribution in [0.15, 0.2) is 4.79 Å². The third kappa shape index (κ3) is 1.62. The van der Waals surface area contributed by atoms with Gasteiger partial charge in [-0.15, -0.1) is 0 Å². The standard InChI is InChI=1S/C5H8ClN3O2/c6-4-3(2(7)1-10)8-5(11)9-4/h2,10H,1,7H2,(H2,8,9,11). The number of hydrogen-bond acceptors (Lipinski definition) is 3. The molecule has 1 heterocycles. The third-order valence-electron chi connectivity index (χ3n) is 1.28. The summed E-state index contributed by atoms with van der Waals surface area (Å²) >= 11 is 5.54. The van der Waals surface area contributed by atoms with Crippen molar-refractivity contribution in [2.45, 2.75) is 6.04 Å². The minimum Gasteiger partial charge on any atom is -0.394 e. The van der Waals surface area contributed by atoms with Gasteiger partial charge in [-0.1, -0.05) is 11.6 Å². The molecule has 5 N–H and O–H groups in total. The van der Waals surface area contributed by atoms with E-state index in [1.807, 2.05) is 0 Å². The number of imidazole rings is 1. The average Bonchev–Trinajstić information content (AvgIpc) is 2.28. The Morgan fingerprint density at radius 1 is 1.64 bits per heavy atom. The first-order valence-corrected chi connectivity index (χ1v) is 3.37. The van der Waals surface area contributed by atoms with Gasteiger partial charge in [0, 0.05) is 0 Å². The van der Waals surface area contributed by atoms with E-state index in [-0.39, 0.29) is 11.8 Å². The highest BCUT2D eigenvalue weighted by Gasteiger charge is 2.11. The van der Waals surface area contributed by atoms with E-state index in [2.05, 4.69) is 9.97 Å². The molecule has 6 heteroatoms. The summed E-state index contributed by atoms with van der Waals surface area (Å²) in [5.74, 6) is 0. The van der Waals surface area contributed by atoms with Crippen LogP contribution in [0.1, 0.15) is 11.7 Å². The van der Waals surface area contributed by atoms with Crippen LogP contribution in [-0.4, -0.2) is 21.7 Å². The largest absolute Gasteiger partial charge is 0.394 e. The molecule has 0 aliphatic rings. The Kier molecular flexibility index (Phi) is 2.33. The molecule has 1 atom stereocenters. The van der Waals surface area contributed by atoms with Crippen LogP contribution < -0.4 is 11.4 Å². The monoisotopic (exact) mass is 177 g/mol. The minimum absolute atomic E-state index is 0.150. The van der Waals surface area contributed by atoms with Crippen LogP contribution in [0.4, 0.5) is 0 Å². The number of aliphatic hydroxyl groups is 1. The van der Waals surface area contributed by atoms with Crippen molar-refractivity contribution in [1.82, 2.24) is 9.97 Å². The second kappa shape index (κ2) is 3.08. The fourth-order valence-corrected chi connectivity index (χ4v) is 0.995. The van der Waals surface area contributed by atoms with Crippen LogP contribution in [0, 0.1) is 0 Å². The maximum atomic E-state index is 10.6. The molecule has 0 saturated carbocycles. The van der Waals surface area contributed by atoms with Crippen molar-refractivity contribution in [3.8, 4) is 0 Å². The molecular formula is C5H8ClN3O2. The lowest BCUT2D eigenvalue weighted by molar-refractivity contribution is 0.266. The fraction of sp³-hybridized carbons (Fsp3) is 0.400. The summed E-state index contributed by atoms with van der Waals surface area (Å²) in [7, 11) is 0. The molecule has 0 fully saturated rings. The smallest absolute Gasteiger partial charge is 0.324 e. The Hall–Kier alpha value is -0.780. The first-order valence-electron chi connectivity index (χ1n) is 2.99. The molecule has 0 amide bonds. The van der Waals surface area contributed by atoms with E-state index in [0.29, 0.717) is 5.69 Å². The number of H-pyrrole nitrogens is 2. The van der Waals surface area contributed by atoms with E-state index in [9.17, 15) is 4.79 Å². The van der Waals surface area contributed by atoms with E-state index in [0.717, 1.165) is 0 Å². The number of aromatic nitrogens is 2. The average molecular weight is 178 g/mol. The number of halogens is 1. The van der Waals surface area contributed by atoms with Gasteiger partial charge in [-0.3, -0.25) is 4.98 Å². The SMILES string of the molecule is NC(CO)c1[nH]c(=O)[nH]c1Cl. The zero-order valence-electron chi connectivity index (χ0n) is 5.60. The van der Waals surface area contributed by atoms with E-state index in [1.165, 1.54) is 0 Å². The lowest BCUT2D eigenvalue weighted by atomic mass is 10.2. The summed E-state index contributed by atoms with van der Waals surface area (Å²) < 4.78 is 0. The Morgan fingerprint density at radius 3 is 2.64 bits per heavy atom. The van der Waals surface area contributed by atoms with Crippen LogP contribution in [0.3, 0.4) is 0 Å². The Balaban J connectivity index is 3.02. The van der Waals surface area contributed by atoms with Crippen LogP contribution in [0.25, 0.3) is 0 Å². The number of aliphatic hydroxyl groups excluding tert-OH is 1. The van der Waals surface area contributed by atoms with Gasteiger partial charge in [0.15, 0.2) is 0 Å². The summed E-state index contributed by atoms with van der Waals surface area (Å²) in [5, 5.41) is 8.75. The minimum atomic E-state index is -0.638. The topological polar surface area (TPSA) is 94.9 Å². The van der Waals surface area contributed by atoms with Crippen LogP contribution >= 0.6 is 11.6 Å². The van der Waals surface area contributed by atoms with Gasteiger partial charge >= 0.3 is 5.69 Å². The van der Waals surface area contributed by atoms with Gasteiger partial charge in [0.05, 0.1) is 18.3 Å². The molecule has 0 saturated heterocycles. The first kappa shape index (κ1) is 8.32. The summed E-state index contributed by atoms with van der Waals surface area (Å²) in [6.45, 7) is -0.256. The summed E-state index contributed by atoms with van der Waals surface area (Å²) in [4.78, 5) is 15.3. The van der Waals surface area contributed by atoms with Gasteiger partial charge in [-0.25, -0.2) is 4.79 Å². The van der Waals surface area contributed by atoms with Crippen molar-refractivity contribution < 1.29 is 5.11 Å². The molecule has 1 aromatic rings. The highest BCUT2D eigenvalue weighted by Crippen LogP contribution is 2.13. The van der Waals surface area contributed by atoms with Crippen molar-refractivity contribution in [2.75, 3.05) is 6.61 Å². The van der Waals surface area contributed by atoms with Gasteiger partial charge in [0.25, 0.3) is 0 Å². The quantitative estimate of drug-likeness (QED) is 0.484. The number of nitrogens with one attached hydrogen (secondary N) is 2. The van der Waals surface area contributed by atoms with Gasteiger partial charge in [0.1, 0.15) is 5.15 Å². The molecule has 0 aromatic carbocycles. The van der Waals surface area contributed by atoms with Crippen molar-refractivity contribution in [3.05, 3.63) is 21.3 Å². The molecule has 11 heavy (non-hydrogen) atoms. The van der Waals surface area contributed by atoms with Crippen molar-refractivity contribution in [1.29, 1.82) is 0 Å². The Labute approximate surface area is 67.2 Å². The van der Waals surface area contributed by atoms with Gasteiger partial charge in [0.2, 0.25) is 0 Å². The number of aromatic amines is 2. The highest BCUT2D eigenvalue weighted by molar-refractivity contribution is 6.30. The summed E-state index contributed by atoms with van der Waals surface area (Å²) in [6.07, 6.45) is 0. The van der Waals surface area contributed by atoms with Crippen molar-refractivity contribution >= 4 is 11.6 Å². The molecular weight excluding hydrogens is 170 g/mol. The maximum Gasteiger partial charge on any atom is 0.324 e.